The third-order valence-electron chi connectivity index (χ3n) is 4.10. The van der Waals surface area contributed by atoms with Gasteiger partial charge in [-0.25, -0.2) is 0 Å². The smallest absolute Gasteiger partial charge is 0.305 e. The lowest BCUT2D eigenvalue weighted by Gasteiger charge is -2.10. The molecular weight excluding hydrogens is 272 g/mol. The van der Waals surface area contributed by atoms with Crippen molar-refractivity contribution in [3.05, 3.63) is 35.4 Å². The summed E-state index contributed by atoms with van der Waals surface area (Å²) in [6.07, 6.45) is 12.3. The van der Waals surface area contributed by atoms with Crippen molar-refractivity contribution >= 4 is 5.97 Å². The first-order valence-electron chi connectivity index (χ1n) is 9.00. The molecule has 0 spiro atoms. The van der Waals surface area contributed by atoms with Crippen LogP contribution in [0.2, 0.25) is 0 Å². The van der Waals surface area contributed by atoms with E-state index in [1.54, 1.807) is 0 Å². The van der Waals surface area contributed by atoms with Crippen LogP contribution in [0.4, 0.5) is 0 Å². The molecule has 2 heteroatoms. The average Bonchev–Trinajstić information content (AvgIpc) is 2.56. The van der Waals surface area contributed by atoms with Crippen LogP contribution in [0, 0.1) is 0 Å². The van der Waals surface area contributed by atoms with Crippen molar-refractivity contribution in [3.8, 4) is 0 Å². The molecule has 0 aliphatic carbocycles. The number of rotatable bonds is 12. The first-order chi connectivity index (χ1) is 10.8. The summed E-state index contributed by atoms with van der Waals surface area (Å²) in [4.78, 5) is 11.3. The summed E-state index contributed by atoms with van der Waals surface area (Å²) in [6, 6.07) is 8.33. The van der Waals surface area contributed by atoms with E-state index >= 15 is 0 Å². The number of aryl methyl sites for hydroxylation is 1. The lowest BCUT2D eigenvalue weighted by molar-refractivity contribution is -0.144. The molecule has 0 bridgehead atoms. The second-order valence-corrected chi connectivity index (χ2v) is 6.01. The van der Waals surface area contributed by atoms with Crippen molar-refractivity contribution in [2.45, 2.75) is 84.7 Å². The van der Waals surface area contributed by atoms with Crippen LogP contribution < -0.4 is 0 Å². The van der Waals surface area contributed by atoms with Crippen molar-refractivity contribution in [2.24, 2.45) is 0 Å². The van der Waals surface area contributed by atoms with Crippen molar-refractivity contribution in [1.29, 1.82) is 0 Å². The zero-order valence-corrected chi connectivity index (χ0v) is 14.4. The molecule has 1 rings (SSSR count). The minimum atomic E-state index is -0.123. The number of unbranched alkanes of at least 4 members (excludes halogenated alkanes) is 7. The summed E-state index contributed by atoms with van der Waals surface area (Å²) in [7, 11) is 0. The molecule has 0 radical (unpaired) electrons. The Morgan fingerprint density at radius 1 is 0.864 bits per heavy atom. The first-order valence-corrected chi connectivity index (χ1v) is 9.00. The Morgan fingerprint density at radius 3 is 2.09 bits per heavy atom. The molecule has 0 unspecified atom stereocenters. The number of hydrogen-bond donors (Lipinski definition) is 0. The quantitative estimate of drug-likeness (QED) is 0.359. The van der Waals surface area contributed by atoms with Crippen molar-refractivity contribution in [2.75, 3.05) is 0 Å². The Balaban J connectivity index is 2.23. The van der Waals surface area contributed by atoms with Gasteiger partial charge >= 0.3 is 5.97 Å². The SMILES string of the molecule is CCCCCCCCCCc1ccccc1COC(=O)CC. The second-order valence-electron chi connectivity index (χ2n) is 6.01. The molecule has 1 aromatic rings. The van der Waals surface area contributed by atoms with Gasteiger partial charge in [0.15, 0.2) is 0 Å². The predicted octanol–water partition coefficient (Wildman–Crippen LogP) is 5.82. The second kappa shape index (κ2) is 12.3. The molecule has 0 aliphatic heterocycles. The van der Waals surface area contributed by atoms with Gasteiger partial charge in [0.25, 0.3) is 0 Å². The lowest BCUT2D eigenvalue weighted by atomic mass is 10.0. The van der Waals surface area contributed by atoms with Crippen LogP contribution in [0.5, 0.6) is 0 Å². The van der Waals surface area contributed by atoms with E-state index in [4.69, 9.17) is 4.74 Å². The molecule has 0 heterocycles. The summed E-state index contributed by atoms with van der Waals surface area (Å²) < 4.78 is 5.26. The average molecular weight is 304 g/mol. The number of carbonyl (C=O) groups is 1. The number of esters is 1. The summed E-state index contributed by atoms with van der Waals surface area (Å²) >= 11 is 0. The van der Waals surface area contributed by atoms with Gasteiger partial charge in [-0.3, -0.25) is 4.79 Å². The highest BCUT2D eigenvalue weighted by atomic mass is 16.5. The van der Waals surface area contributed by atoms with Crippen molar-refractivity contribution in [1.82, 2.24) is 0 Å². The van der Waals surface area contributed by atoms with E-state index in [0.29, 0.717) is 13.0 Å². The van der Waals surface area contributed by atoms with Gasteiger partial charge in [0.1, 0.15) is 6.61 Å². The van der Waals surface area contributed by atoms with E-state index in [-0.39, 0.29) is 5.97 Å². The van der Waals surface area contributed by atoms with Crippen LogP contribution >= 0.6 is 0 Å². The Labute approximate surface area is 136 Å². The normalized spacial score (nSPS) is 10.6. The van der Waals surface area contributed by atoms with E-state index in [0.717, 1.165) is 12.0 Å². The molecule has 0 atom stereocenters. The summed E-state index contributed by atoms with van der Waals surface area (Å²) in [5.74, 6) is -0.123. The fourth-order valence-corrected chi connectivity index (χ4v) is 2.65. The van der Waals surface area contributed by atoms with Gasteiger partial charge in [0.2, 0.25) is 0 Å². The molecule has 0 saturated carbocycles. The van der Waals surface area contributed by atoms with Gasteiger partial charge in [-0.2, -0.15) is 0 Å². The maximum Gasteiger partial charge on any atom is 0.305 e. The van der Waals surface area contributed by atoms with E-state index in [2.05, 4.69) is 25.1 Å². The van der Waals surface area contributed by atoms with Crippen LogP contribution in [0.3, 0.4) is 0 Å². The molecule has 1 aromatic carbocycles. The molecule has 22 heavy (non-hydrogen) atoms. The predicted molar refractivity (Wildman–Crippen MR) is 92.8 cm³/mol. The van der Waals surface area contributed by atoms with Crippen LogP contribution in [-0.4, -0.2) is 5.97 Å². The number of carbonyl (C=O) groups excluding carboxylic acids is 1. The van der Waals surface area contributed by atoms with Crippen LogP contribution in [-0.2, 0) is 22.6 Å². The van der Waals surface area contributed by atoms with Crippen molar-refractivity contribution in [3.63, 3.8) is 0 Å². The maximum absolute atomic E-state index is 11.3. The highest BCUT2D eigenvalue weighted by molar-refractivity contribution is 5.68. The van der Waals surface area contributed by atoms with E-state index in [1.165, 1.54) is 56.9 Å². The monoisotopic (exact) mass is 304 g/mol. The van der Waals surface area contributed by atoms with Gasteiger partial charge in [0.05, 0.1) is 0 Å². The maximum atomic E-state index is 11.3. The number of ether oxygens (including phenoxy) is 1. The standard InChI is InChI=1S/C20H32O2/c1-3-5-6-7-8-9-10-11-14-18-15-12-13-16-19(18)17-22-20(21)4-2/h12-13,15-16H,3-11,14,17H2,1-2H3. The fraction of sp³-hybridized carbons (Fsp3) is 0.650. The Hall–Kier alpha value is -1.31. The van der Waals surface area contributed by atoms with Gasteiger partial charge in [-0.05, 0) is 24.0 Å². The molecule has 0 amide bonds. The Bertz CT molecular complexity index is 412. The number of benzene rings is 1. The van der Waals surface area contributed by atoms with Crippen LogP contribution in [0.1, 0.15) is 82.8 Å². The van der Waals surface area contributed by atoms with E-state index in [9.17, 15) is 4.79 Å². The van der Waals surface area contributed by atoms with Gasteiger partial charge in [-0.1, -0.05) is 83.1 Å². The third-order valence-corrected chi connectivity index (χ3v) is 4.10. The fourth-order valence-electron chi connectivity index (χ4n) is 2.65. The Kier molecular flexibility index (Phi) is 10.4. The van der Waals surface area contributed by atoms with Gasteiger partial charge < -0.3 is 4.74 Å². The minimum absolute atomic E-state index is 0.123. The molecule has 2 nitrogen and oxygen atoms in total. The Morgan fingerprint density at radius 2 is 1.45 bits per heavy atom. The van der Waals surface area contributed by atoms with E-state index < -0.39 is 0 Å². The topological polar surface area (TPSA) is 26.3 Å². The largest absolute Gasteiger partial charge is 0.461 e. The summed E-state index contributed by atoms with van der Waals surface area (Å²) in [5.41, 5.74) is 2.49. The number of hydrogen-bond acceptors (Lipinski definition) is 2. The summed E-state index contributed by atoms with van der Waals surface area (Å²) in [5, 5.41) is 0. The lowest BCUT2D eigenvalue weighted by Crippen LogP contribution is -2.04. The molecule has 0 aliphatic rings. The van der Waals surface area contributed by atoms with E-state index in [1.807, 2.05) is 13.0 Å². The highest BCUT2D eigenvalue weighted by Crippen LogP contribution is 2.15. The van der Waals surface area contributed by atoms with Crippen LogP contribution in [0.15, 0.2) is 24.3 Å². The summed E-state index contributed by atoms with van der Waals surface area (Å²) in [6.45, 7) is 4.50. The zero-order valence-electron chi connectivity index (χ0n) is 14.4. The molecule has 0 fully saturated rings. The molecule has 0 saturated heterocycles. The van der Waals surface area contributed by atoms with Crippen molar-refractivity contribution < 1.29 is 9.53 Å². The van der Waals surface area contributed by atoms with Gasteiger partial charge in [0, 0.05) is 6.42 Å². The molecule has 0 aromatic heterocycles. The van der Waals surface area contributed by atoms with Gasteiger partial charge in [-0.15, -0.1) is 0 Å². The zero-order chi connectivity index (χ0) is 16.0. The minimum Gasteiger partial charge on any atom is -0.461 e. The highest BCUT2D eigenvalue weighted by Gasteiger charge is 2.05. The molecule has 0 N–H and O–H groups in total. The molecular formula is C20H32O2. The van der Waals surface area contributed by atoms with Crippen LogP contribution in [0.25, 0.3) is 0 Å². The molecule has 124 valence electrons. The third kappa shape index (κ3) is 8.21. The first kappa shape index (κ1) is 18.7.